The number of para-hydroxylation sites is 2. The number of thioether (sulfide) groups is 1. The van der Waals surface area contributed by atoms with E-state index < -0.39 is 6.23 Å². The molecule has 4 aromatic rings. The molecular weight excluding hydrogens is 408 g/mol. The molecule has 1 aromatic heterocycles. The van der Waals surface area contributed by atoms with E-state index in [2.05, 4.69) is 20.5 Å². The minimum Gasteiger partial charge on any atom is -0.488 e. The Labute approximate surface area is 184 Å². The lowest BCUT2D eigenvalue weighted by Gasteiger charge is -2.22. The summed E-state index contributed by atoms with van der Waals surface area (Å²) in [5.41, 5.74) is 4.40. The average Bonchev–Trinajstić information content (AvgIpc) is 3.00. The van der Waals surface area contributed by atoms with Crippen molar-refractivity contribution < 1.29 is 9.47 Å². The first-order chi connectivity index (χ1) is 15.3. The van der Waals surface area contributed by atoms with Crippen molar-refractivity contribution in [3.63, 3.8) is 0 Å². The SMILES string of the molecule is CSc1nnc2c(n1)OC(c1ccccc1OCc1ccccc1)Nc1ccccc1-2. The standard InChI is InChI=1S/C24H20N4O2S/c1-31-24-26-23-21(27-28-24)17-11-5-7-13-19(17)25-22(30-23)18-12-6-8-14-20(18)29-15-16-9-3-2-4-10-16/h2-14,22,25H,15H2,1H3. The molecule has 1 atom stereocenters. The predicted octanol–water partition coefficient (Wildman–Crippen LogP) is 5.34. The van der Waals surface area contributed by atoms with E-state index in [-0.39, 0.29) is 0 Å². The Hall–Kier alpha value is -3.58. The molecule has 0 radical (unpaired) electrons. The van der Waals surface area contributed by atoms with Gasteiger partial charge in [-0.2, -0.15) is 4.98 Å². The molecule has 0 spiro atoms. The van der Waals surface area contributed by atoms with Gasteiger partial charge in [0.25, 0.3) is 0 Å². The van der Waals surface area contributed by atoms with Crippen LogP contribution in [0.2, 0.25) is 0 Å². The maximum atomic E-state index is 6.34. The van der Waals surface area contributed by atoms with Crippen LogP contribution in [0.4, 0.5) is 5.69 Å². The third kappa shape index (κ3) is 4.04. The highest BCUT2D eigenvalue weighted by molar-refractivity contribution is 7.98. The number of fused-ring (bicyclic) bond motifs is 3. The molecular formula is C24H20N4O2S. The first-order valence-electron chi connectivity index (χ1n) is 9.89. The highest BCUT2D eigenvalue weighted by Crippen LogP contribution is 2.41. The summed E-state index contributed by atoms with van der Waals surface area (Å²) in [6.45, 7) is 0.470. The second kappa shape index (κ2) is 8.65. The average molecular weight is 429 g/mol. The summed E-state index contributed by atoms with van der Waals surface area (Å²) in [6, 6.07) is 25.9. The minimum atomic E-state index is -0.499. The Morgan fingerprint density at radius 1 is 0.935 bits per heavy atom. The van der Waals surface area contributed by atoms with Crippen LogP contribution in [0.1, 0.15) is 17.4 Å². The lowest BCUT2D eigenvalue weighted by atomic mass is 10.1. The van der Waals surface area contributed by atoms with E-state index >= 15 is 0 Å². The highest BCUT2D eigenvalue weighted by atomic mass is 32.2. The van der Waals surface area contributed by atoms with Crippen LogP contribution in [-0.4, -0.2) is 21.4 Å². The van der Waals surface area contributed by atoms with Gasteiger partial charge in [-0.1, -0.05) is 72.4 Å². The molecule has 154 valence electrons. The van der Waals surface area contributed by atoms with E-state index in [9.17, 15) is 0 Å². The van der Waals surface area contributed by atoms with Gasteiger partial charge in [0.05, 0.1) is 5.56 Å². The zero-order chi connectivity index (χ0) is 21.0. The van der Waals surface area contributed by atoms with E-state index in [1.165, 1.54) is 11.8 Å². The minimum absolute atomic E-state index is 0.444. The van der Waals surface area contributed by atoms with Crippen molar-refractivity contribution in [2.24, 2.45) is 0 Å². The van der Waals surface area contributed by atoms with Crippen molar-refractivity contribution in [3.05, 3.63) is 90.0 Å². The Balaban J connectivity index is 1.52. The second-order valence-corrected chi connectivity index (χ2v) is 7.73. The van der Waals surface area contributed by atoms with Crippen LogP contribution in [-0.2, 0) is 6.61 Å². The molecule has 3 aromatic carbocycles. The number of aromatic nitrogens is 3. The van der Waals surface area contributed by atoms with Gasteiger partial charge in [0.2, 0.25) is 17.3 Å². The van der Waals surface area contributed by atoms with Crippen molar-refractivity contribution in [3.8, 4) is 22.9 Å². The number of ether oxygens (including phenoxy) is 2. The fourth-order valence-electron chi connectivity index (χ4n) is 3.44. The Morgan fingerprint density at radius 3 is 2.58 bits per heavy atom. The van der Waals surface area contributed by atoms with E-state index in [1.807, 2.05) is 85.1 Å². The van der Waals surface area contributed by atoms with Crippen LogP contribution >= 0.6 is 11.8 Å². The van der Waals surface area contributed by atoms with Crippen molar-refractivity contribution in [1.29, 1.82) is 0 Å². The van der Waals surface area contributed by atoms with Gasteiger partial charge in [0.1, 0.15) is 12.4 Å². The van der Waals surface area contributed by atoms with Gasteiger partial charge < -0.3 is 14.8 Å². The second-order valence-electron chi connectivity index (χ2n) is 6.95. The molecule has 5 rings (SSSR count). The largest absolute Gasteiger partial charge is 0.488 e. The molecule has 1 aliphatic rings. The van der Waals surface area contributed by atoms with E-state index in [0.29, 0.717) is 23.3 Å². The van der Waals surface area contributed by atoms with Gasteiger partial charge in [-0.3, -0.25) is 0 Å². The number of rotatable bonds is 5. The normalized spacial score (nSPS) is 14.4. The van der Waals surface area contributed by atoms with Crippen LogP contribution in [0.5, 0.6) is 11.6 Å². The fraction of sp³-hybridized carbons (Fsp3) is 0.125. The number of nitrogens with zero attached hydrogens (tertiary/aromatic N) is 3. The summed E-state index contributed by atoms with van der Waals surface area (Å²) in [5.74, 6) is 1.19. The molecule has 1 aliphatic heterocycles. The number of hydrogen-bond donors (Lipinski definition) is 1. The maximum absolute atomic E-state index is 6.34. The molecule has 0 saturated heterocycles. The molecule has 2 heterocycles. The van der Waals surface area contributed by atoms with Crippen LogP contribution in [0.15, 0.2) is 84.0 Å². The van der Waals surface area contributed by atoms with Gasteiger partial charge in [-0.05, 0) is 30.0 Å². The summed E-state index contributed by atoms with van der Waals surface area (Å²) in [6.07, 6.45) is 1.41. The van der Waals surface area contributed by atoms with Gasteiger partial charge >= 0.3 is 0 Å². The molecule has 1 N–H and O–H groups in total. The molecule has 0 aliphatic carbocycles. The van der Waals surface area contributed by atoms with Crippen molar-refractivity contribution in [2.75, 3.05) is 11.6 Å². The topological polar surface area (TPSA) is 69.2 Å². The predicted molar refractivity (Wildman–Crippen MR) is 121 cm³/mol. The molecule has 0 fully saturated rings. The summed E-state index contributed by atoms with van der Waals surface area (Å²) in [4.78, 5) is 4.58. The van der Waals surface area contributed by atoms with E-state index in [0.717, 1.165) is 28.1 Å². The van der Waals surface area contributed by atoms with Crippen molar-refractivity contribution in [1.82, 2.24) is 15.2 Å². The van der Waals surface area contributed by atoms with E-state index in [1.54, 1.807) is 0 Å². The summed E-state index contributed by atoms with van der Waals surface area (Å²) >= 11 is 1.43. The fourth-order valence-corrected chi connectivity index (χ4v) is 3.74. The number of hydrogen-bond acceptors (Lipinski definition) is 7. The molecule has 0 amide bonds. The summed E-state index contributed by atoms with van der Waals surface area (Å²) in [5, 5.41) is 12.6. The Bertz CT molecular complexity index is 1200. The third-order valence-electron chi connectivity index (χ3n) is 4.95. The van der Waals surface area contributed by atoms with Gasteiger partial charge in [0, 0.05) is 11.3 Å². The molecule has 7 heteroatoms. The van der Waals surface area contributed by atoms with E-state index in [4.69, 9.17) is 9.47 Å². The molecule has 31 heavy (non-hydrogen) atoms. The Morgan fingerprint density at radius 2 is 1.71 bits per heavy atom. The lowest BCUT2D eigenvalue weighted by molar-refractivity contribution is 0.214. The molecule has 1 unspecified atom stereocenters. The quantitative estimate of drug-likeness (QED) is 0.430. The molecule has 0 saturated carbocycles. The molecule has 6 nitrogen and oxygen atoms in total. The monoisotopic (exact) mass is 428 g/mol. The van der Waals surface area contributed by atoms with Gasteiger partial charge in [-0.25, -0.2) is 0 Å². The van der Waals surface area contributed by atoms with Crippen molar-refractivity contribution >= 4 is 17.4 Å². The van der Waals surface area contributed by atoms with Crippen LogP contribution in [0, 0.1) is 0 Å². The maximum Gasteiger partial charge on any atom is 0.247 e. The van der Waals surface area contributed by atoms with Crippen LogP contribution < -0.4 is 14.8 Å². The molecule has 0 bridgehead atoms. The van der Waals surface area contributed by atoms with Crippen LogP contribution in [0.25, 0.3) is 11.3 Å². The lowest BCUT2D eigenvalue weighted by Crippen LogP contribution is -2.18. The smallest absolute Gasteiger partial charge is 0.247 e. The number of benzene rings is 3. The summed E-state index contributed by atoms with van der Waals surface area (Å²) < 4.78 is 12.5. The number of nitrogens with one attached hydrogen (secondary N) is 1. The van der Waals surface area contributed by atoms with Crippen LogP contribution in [0.3, 0.4) is 0 Å². The first-order valence-corrected chi connectivity index (χ1v) is 11.1. The third-order valence-corrected chi connectivity index (χ3v) is 5.49. The first kappa shape index (κ1) is 19.4. The summed E-state index contributed by atoms with van der Waals surface area (Å²) in [7, 11) is 0. The number of anilines is 1. The zero-order valence-electron chi connectivity index (χ0n) is 16.9. The van der Waals surface area contributed by atoms with Gasteiger partial charge in [-0.15, -0.1) is 10.2 Å². The highest BCUT2D eigenvalue weighted by Gasteiger charge is 2.27. The zero-order valence-corrected chi connectivity index (χ0v) is 17.7. The Kier molecular flexibility index (Phi) is 5.41. The van der Waals surface area contributed by atoms with Crippen molar-refractivity contribution in [2.45, 2.75) is 18.0 Å². The van der Waals surface area contributed by atoms with Gasteiger partial charge in [0.15, 0.2) is 5.69 Å².